The van der Waals surface area contributed by atoms with Crippen molar-refractivity contribution in [1.82, 2.24) is 20.0 Å². The second-order valence-electron chi connectivity index (χ2n) is 7.38. The Labute approximate surface area is 149 Å². The SMILES string of the molecule is CCN(CC(=O)O)C1CC(NC(=O)N2CCN(CC(C)O)CC2C)C1. The number of nitrogens with zero attached hydrogens (tertiary/aromatic N) is 3. The Hall–Kier alpha value is -1.38. The van der Waals surface area contributed by atoms with E-state index in [9.17, 15) is 14.7 Å². The van der Waals surface area contributed by atoms with Gasteiger partial charge in [0.25, 0.3) is 0 Å². The predicted octanol–water partition coefficient (Wildman–Crippen LogP) is 0.0204. The molecule has 25 heavy (non-hydrogen) atoms. The van der Waals surface area contributed by atoms with Crippen LogP contribution >= 0.6 is 0 Å². The first-order chi connectivity index (χ1) is 11.8. The summed E-state index contributed by atoms with van der Waals surface area (Å²) < 4.78 is 0. The van der Waals surface area contributed by atoms with E-state index in [4.69, 9.17) is 5.11 Å². The number of urea groups is 1. The van der Waals surface area contributed by atoms with Crippen LogP contribution in [0.15, 0.2) is 0 Å². The van der Waals surface area contributed by atoms with Gasteiger partial charge in [-0.25, -0.2) is 4.79 Å². The molecule has 3 N–H and O–H groups in total. The van der Waals surface area contributed by atoms with Crippen molar-refractivity contribution < 1.29 is 19.8 Å². The molecule has 1 saturated carbocycles. The van der Waals surface area contributed by atoms with Crippen LogP contribution in [0.5, 0.6) is 0 Å². The lowest BCUT2D eigenvalue weighted by Crippen LogP contribution is -2.61. The second kappa shape index (κ2) is 8.82. The first kappa shape index (κ1) is 19.9. The van der Waals surface area contributed by atoms with Gasteiger partial charge in [-0.2, -0.15) is 0 Å². The number of carbonyl (C=O) groups is 2. The maximum atomic E-state index is 12.5. The Morgan fingerprint density at radius 2 is 2.00 bits per heavy atom. The van der Waals surface area contributed by atoms with E-state index in [1.165, 1.54) is 0 Å². The summed E-state index contributed by atoms with van der Waals surface area (Å²) in [4.78, 5) is 29.4. The summed E-state index contributed by atoms with van der Waals surface area (Å²) in [5, 5.41) is 21.5. The Morgan fingerprint density at radius 1 is 1.32 bits per heavy atom. The van der Waals surface area contributed by atoms with Gasteiger partial charge in [-0.1, -0.05) is 6.92 Å². The zero-order valence-corrected chi connectivity index (χ0v) is 15.5. The van der Waals surface area contributed by atoms with Gasteiger partial charge in [0.05, 0.1) is 12.6 Å². The smallest absolute Gasteiger partial charge is 0.317 e. The molecule has 2 amide bonds. The minimum atomic E-state index is -0.807. The van der Waals surface area contributed by atoms with Gasteiger partial charge < -0.3 is 20.4 Å². The minimum absolute atomic E-state index is 0.0334. The molecular weight excluding hydrogens is 324 g/mol. The molecule has 1 heterocycles. The fourth-order valence-electron chi connectivity index (χ4n) is 3.81. The molecule has 2 aliphatic rings. The highest BCUT2D eigenvalue weighted by Gasteiger charge is 2.36. The third-order valence-corrected chi connectivity index (χ3v) is 5.20. The Bertz CT molecular complexity index is 468. The van der Waals surface area contributed by atoms with Crippen molar-refractivity contribution in [2.75, 3.05) is 39.3 Å². The highest BCUT2D eigenvalue weighted by molar-refractivity contribution is 5.75. The van der Waals surface area contributed by atoms with Crippen molar-refractivity contribution in [2.45, 2.75) is 57.8 Å². The molecule has 0 aromatic rings. The summed E-state index contributed by atoms with van der Waals surface area (Å²) in [6.45, 7) is 9.39. The van der Waals surface area contributed by atoms with Crippen LogP contribution < -0.4 is 5.32 Å². The molecular formula is C17H32N4O4. The molecule has 0 spiro atoms. The van der Waals surface area contributed by atoms with Gasteiger partial charge in [-0.05, 0) is 33.2 Å². The number of likely N-dealkylation sites (N-methyl/N-ethyl adjacent to an activating group) is 1. The average Bonchev–Trinajstić information content (AvgIpc) is 2.47. The number of carboxylic acids is 1. The number of amides is 2. The number of nitrogens with one attached hydrogen (secondary N) is 1. The van der Waals surface area contributed by atoms with E-state index >= 15 is 0 Å². The van der Waals surface area contributed by atoms with Gasteiger partial charge in [0, 0.05) is 44.3 Å². The molecule has 1 saturated heterocycles. The maximum absolute atomic E-state index is 12.5. The fourth-order valence-corrected chi connectivity index (χ4v) is 3.81. The summed E-state index contributed by atoms with van der Waals surface area (Å²) in [6, 6.07) is 0.450. The molecule has 2 fully saturated rings. The third kappa shape index (κ3) is 5.55. The summed E-state index contributed by atoms with van der Waals surface area (Å²) in [5.41, 5.74) is 0. The largest absolute Gasteiger partial charge is 0.480 e. The molecule has 0 bridgehead atoms. The van der Waals surface area contributed by atoms with Crippen molar-refractivity contribution in [1.29, 1.82) is 0 Å². The highest BCUT2D eigenvalue weighted by Crippen LogP contribution is 2.26. The lowest BCUT2D eigenvalue weighted by atomic mass is 9.85. The highest BCUT2D eigenvalue weighted by atomic mass is 16.4. The normalized spacial score (nSPS) is 28.5. The summed E-state index contributed by atoms with van der Waals surface area (Å²) in [7, 11) is 0. The number of carbonyl (C=O) groups excluding carboxylic acids is 1. The first-order valence-corrected chi connectivity index (χ1v) is 9.23. The van der Waals surface area contributed by atoms with Gasteiger partial charge in [0.15, 0.2) is 0 Å². The molecule has 2 atom stereocenters. The van der Waals surface area contributed by atoms with E-state index in [1.54, 1.807) is 6.92 Å². The summed E-state index contributed by atoms with van der Waals surface area (Å²) in [6.07, 6.45) is 1.26. The average molecular weight is 356 g/mol. The molecule has 2 rings (SSSR count). The van der Waals surface area contributed by atoms with E-state index in [0.29, 0.717) is 19.6 Å². The quantitative estimate of drug-likeness (QED) is 0.595. The first-order valence-electron chi connectivity index (χ1n) is 9.23. The van der Waals surface area contributed by atoms with Crippen molar-refractivity contribution in [3.05, 3.63) is 0 Å². The Kier molecular flexibility index (Phi) is 7.04. The number of hydrogen-bond acceptors (Lipinski definition) is 5. The topological polar surface area (TPSA) is 96.4 Å². The monoisotopic (exact) mass is 356 g/mol. The fraction of sp³-hybridized carbons (Fsp3) is 0.882. The minimum Gasteiger partial charge on any atom is -0.480 e. The number of rotatable bonds is 7. The van der Waals surface area contributed by atoms with E-state index in [2.05, 4.69) is 10.2 Å². The van der Waals surface area contributed by atoms with Crippen molar-refractivity contribution in [3.63, 3.8) is 0 Å². The van der Waals surface area contributed by atoms with Crippen LogP contribution in [-0.4, -0.2) is 100 Å². The molecule has 1 aliphatic heterocycles. The molecule has 8 heteroatoms. The second-order valence-corrected chi connectivity index (χ2v) is 7.38. The predicted molar refractivity (Wildman–Crippen MR) is 94.5 cm³/mol. The lowest BCUT2D eigenvalue weighted by molar-refractivity contribution is -0.139. The zero-order chi connectivity index (χ0) is 18.6. The van der Waals surface area contributed by atoms with Gasteiger partial charge in [-0.15, -0.1) is 0 Å². The van der Waals surface area contributed by atoms with Crippen molar-refractivity contribution >= 4 is 12.0 Å². The van der Waals surface area contributed by atoms with Gasteiger partial charge in [0.2, 0.25) is 0 Å². The molecule has 0 aromatic carbocycles. The molecule has 8 nitrogen and oxygen atoms in total. The van der Waals surface area contributed by atoms with Crippen LogP contribution in [0.2, 0.25) is 0 Å². The Morgan fingerprint density at radius 3 is 2.52 bits per heavy atom. The van der Waals surface area contributed by atoms with Crippen LogP contribution in [0.25, 0.3) is 0 Å². The zero-order valence-electron chi connectivity index (χ0n) is 15.5. The van der Waals surface area contributed by atoms with E-state index in [1.807, 2.05) is 23.6 Å². The van der Waals surface area contributed by atoms with Gasteiger partial charge in [0.1, 0.15) is 0 Å². The maximum Gasteiger partial charge on any atom is 0.317 e. The molecule has 0 radical (unpaired) electrons. The number of aliphatic hydroxyl groups is 1. The number of aliphatic hydroxyl groups excluding tert-OH is 1. The van der Waals surface area contributed by atoms with Crippen molar-refractivity contribution in [3.8, 4) is 0 Å². The number of hydrogen-bond donors (Lipinski definition) is 3. The van der Waals surface area contributed by atoms with Crippen LogP contribution in [0.4, 0.5) is 4.79 Å². The number of aliphatic carboxylic acids is 1. The van der Waals surface area contributed by atoms with Crippen molar-refractivity contribution in [2.24, 2.45) is 0 Å². The molecule has 144 valence electrons. The number of β-amino-alcohol motifs (C(OH)–C–C–N with tert-alkyl or cyclic N) is 1. The standard InChI is InChI=1S/C17H32N4O4/c1-4-20(11-16(23)24)15-7-14(8-15)18-17(25)21-6-5-19(9-12(21)2)10-13(3)22/h12-15,22H,4-11H2,1-3H3,(H,18,25)(H,23,24). The summed E-state index contributed by atoms with van der Waals surface area (Å²) >= 11 is 0. The number of carboxylic acid groups (broad SMARTS) is 1. The summed E-state index contributed by atoms with van der Waals surface area (Å²) in [5.74, 6) is -0.807. The molecule has 1 aliphatic carbocycles. The third-order valence-electron chi connectivity index (χ3n) is 5.20. The van der Waals surface area contributed by atoms with E-state index < -0.39 is 5.97 Å². The lowest BCUT2D eigenvalue weighted by Gasteiger charge is -2.44. The van der Waals surface area contributed by atoms with E-state index in [0.717, 1.165) is 25.9 Å². The van der Waals surface area contributed by atoms with Gasteiger partial charge in [-0.3, -0.25) is 14.6 Å². The number of piperazine rings is 1. The molecule has 2 unspecified atom stereocenters. The van der Waals surface area contributed by atoms with Gasteiger partial charge >= 0.3 is 12.0 Å². The van der Waals surface area contributed by atoms with Crippen LogP contribution in [0.1, 0.15) is 33.6 Å². The van der Waals surface area contributed by atoms with Crippen LogP contribution in [0.3, 0.4) is 0 Å². The van der Waals surface area contributed by atoms with E-state index in [-0.39, 0.29) is 36.8 Å². The Balaban J connectivity index is 1.74. The van der Waals surface area contributed by atoms with Crippen LogP contribution in [-0.2, 0) is 4.79 Å². The van der Waals surface area contributed by atoms with Crippen LogP contribution in [0, 0.1) is 0 Å². The molecule has 0 aromatic heterocycles.